The molecule has 1 aromatic rings. The van der Waals surface area contributed by atoms with Crippen LogP contribution in [0.4, 0.5) is 22.0 Å². The van der Waals surface area contributed by atoms with E-state index >= 15 is 0 Å². The molecule has 0 radical (unpaired) electrons. The Morgan fingerprint density at radius 3 is 1.78 bits per heavy atom. The van der Waals surface area contributed by atoms with E-state index in [0.29, 0.717) is 6.42 Å². The van der Waals surface area contributed by atoms with Gasteiger partial charge in [0, 0.05) is 16.8 Å². The molecule has 100 valence electrons. The Kier molecular flexibility index (Phi) is 3.46. The fourth-order valence-electron chi connectivity index (χ4n) is 2.20. The van der Waals surface area contributed by atoms with Crippen LogP contribution in [0.5, 0.6) is 0 Å². The van der Waals surface area contributed by atoms with Crippen molar-refractivity contribution < 1.29 is 26.7 Å². The summed E-state index contributed by atoms with van der Waals surface area (Å²) in [5.74, 6) is -9.50. The SMILES string of the molecule is Fc1c(F)c(F)c(C2([SiH3])CCCCO2)c(F)c1F. The highest BCUT2D eigenvalue weighted by atomic mass is 28.1. The average Bonchev–Trinajstić information content (AvgIpc) is 2.35. The molecular weight excluding hydrogens is 271 g/mol. The van der Waals surface area contributed by atoms with Crippen molar-refractivity contribution in [3.8, 4) is 0 Å². The average molecular weight is 282 g/mol. The maximum Gasteiger partial charge on any atom is 0.200 e. The van der Waals surface area contributed by atoms with Crippen molar-refractivity contribution in [3.63, 3.8) is 0 Å². The molecule has 1 aliphatic rings. The Balaban J connectivity index is 2.63. The van der Waals surface area contributed by atoms with Crippen molar-refractivity contribution in [1.82, 2.24) is 0 Å². The zero-order valence-corrected chi connectivity index (χ0v) is 11.6. The third kappa shape index (κ3) is 1.95. The van der Waals surface area contributed by atoms with Crippen LogP contribution in [0.25, 0.3) is 0 Å². The Morgan fingerprint density at radius 2 is 1.33 bits per heavy atom. The standard InChI is InChI=1S/C11H11F5OSi/c12-6-5(11(18)3-1-2-4-17-11)7(13)9(15)10(16)8(6)14/h1-4H2,18H3. The van der Waals surface area contributed by atoms with Crippen molar-refractivity contribution in [2.75, 3.05) is 6.61 Å². The van der Waals surface area contributed by atoms with Gasteiger partial charge in [-0.25, -0.2) is 22.0 Å². The summed E-state index contributed by atoms with van der Waals surface area (Å²) >= 11 is 0. The van der Waals surface area contributed by atoms with Crippen LogP contribution in [0.15, 0.2) is 0 Å². The molecule has 1 aromatic carbocycles. The van der Waals surface area contributed by atoms with Gasteiger partial charge < -0.3 is 4.74 Å². The quantitative estimate of drug-likeness (QED) is 0.332. The van der Waals surface area contributed by atoms with E-state index in [4.69, 9.17) is 4.74 Å². The lowest BCUT2D eigenvalue weighted by Crippen LogP contribution is -2.37. The minimum atomic E-state index is -2.13. The molecule has 0 aliphatic carbocycles. The Morgan fingerprint density at radius 1 is 0.833 bits per heavy atom. The molecule has 0 amide bonds. The van der Waals surface area contributed by atoms with Crippen molar-refractivity contribution in [2.45, 2.75) is 24.5 Å². The van der Waals surface area contributed by atoms with Gasteiger partial charge in [-0.15, -0.1) is 0 Å². The number of rotatable bonds is 1. The normalized spacial score (nSPS) is 24.5. The molecule has 1 saturated heterocycles. The minimum absolute atomic E-state index is 0.150. The fourth-order valence-corrected chi connectivity index (χ4v) is 3.20. The van der Waals surface area contributed by atoms with E-state index in [9.17, 15) is 22.0 Å². The highest BCUT2D eigenvalue weighted by Gasteiger charge is 2.39. The summed E-state index contributed by atoms with van der Waals surface area (Å²) in [6.45, 7) is 0.267. The number of hydrogen-bond donors (Lipinski definition) is 0. The Bertz CT molecular complexity index is 456. The molecule has 1 aliphatic heterocycles. The summed E-state index contributed by atoms with van der Waals surface area (Å²) in [4.78, 5) is 0. The van der Waals surface area contributed by atoms with E-state index in [-0.39, 0.29) is 23.3 Å². The lowest BCUT2D eigenvalue weighted by molar-refractivity contribution is -0.0264. The topological polar surface area (TPSA) is 9.23 Å². The van der Waals surface area contributed by atoms with Gasteiger partial charge in [-0.05, 0) is 19.3 Å². The van der Waals surface area contributed by atoms with E-state index in [1.807, 2.05) is 0 Å². The van der Waals surface area contributed by atoms with E-state index in [2.05, 4.69) is 0 Å². The summed E-state index contributed by atoms with van der Waals surface area (Å²) in [6, 6.07) is 0. The van der Waals surface area contributed by atoms with E-state index < -0.39 is 39.9 Å². The molecular formula is C11H11F5OSi. The molecule has 0 bridgehead atoms. The first-order valence-electron chi connectivity index (χ1n) is 5.54. The van der Waals surface area contributed by atoms with Crippen LogP contribution in [0.2, 0.25) is 0 Å². The molecule has 1 nitrogen and oxygen atoms in total. The van der Waals surface area contributed by atoms with Crippen LogP contribution >= 0.6 is 0 Å². The summed E-state index contributed by atoms with van der Waals surface area (Å²) in [5.41, 5.74) is -0.815. The van der Waals surface area contributed by atoms with Gasteiger partial charge in [0.25, 0.3) is 0 Å². The summed E-state index contributed by atoms with van der Waals surface area (Å²) in [5, 5.41) is -1.33. The van der Waals surface area contributed by atoms with Crippen molar-refractivity contribution >= 4 is 10.2 Å². The van der Waals surface area contributed by atoms with Crippen LogP contribution in [-0.2, 0) is 9.96 Å². The van der Waals surface area contributed by atoms with Gasteiger partial charge in [-0.3, -0.25) is 0 Å². The smallest absolute Gasteiger partial charge is 0.200 e. The molecule has 0 saturated carbocycles. The van der Waals surface area contributed by atoms with Crippen LogP contribution < -0.4 is 0 Å². The first kappa shape index (κ1) is 13.5. The largest absolute Gasteiger partial charge is 0.375 e. The molecule has 2 rings (SSSR count). The van der Waals surface area contributed by atoms with Gasteiger partial charge in [-0.2, -0.15) is 0 Å². The molecule has 1 atom stereocenters. The summed E-state index contributed by atoms with van der Waals surface area (Å²) in [6.07, 6.45) is 1.64. The number of ether oxygens (including phenoxy) is 1. The molecule has 0 aromatic heterocycles. The second kappa shape index (κ2) is 4.62. The molecule has 1 heterocycles. The summed E-state index contributed by atoms with van der Waals surface area (Å²) in [7, 11) is 0.150. The number of hydrogen-bond acceptors (Lipinski definition) is 1. The molecule has 7 heteroatoms. The zero-order valence-electron chi connectivity index (χ0n) is 9.63. The first-order chi connectivity index (χ1) is 8.38. The van der Waals surface area contributed by atoms with E-state index in [1.54, 1.807) is 0 Å². The second-order valence-corrected chi connectivity index (χ2v) is 6.10. The predicted octanol–water partition coefficient (Wildman–Crippen LogP) is 2.10. The molecule has 1 unspecified atom stereocenters. The first-order valence-corrected chi connectivity index (χ1v) is 6.54. The fraction of sp³-hybridized carbons (Fsp3) is 0.455. The van der Waals surface area contributed by atoms with Crippen LogP contribution in [0, 0.1) is 29.1 Å². The lowest BCUT2D eigenvalue weighted by Gasteiger charge is -2.35. The van der Waals surface area contributed by atoms with Crippen molar-refractivity contribution in [2.24, 2.45) is 0 Å². The monoisotopic (exact) mass is 282 g/mol. The van der Waals surface area contributed by atoms with Crippen molar-refractivity contribution in [3.05, 3.63) is 34.6 Å². The van der Waals surface area contributed by atoms with Gasteiger partial charge in [0.15, 0.2) is 23.3 Å². The molecule has 0 spiro atoms. The highest BCUT2D eigenvalue weighted by molar-refractivity contribution is 6.14. The number of benzene rings is 1. The minimum Gasteiger partial charge on any atom is -0.375 e. The van der Waals surface area contributed by atoms with Gasteiger partial charge in [0.1, 0.15) is 0 Å². The lowest BCUT2D eigenvalue weighted by atomic mass is 9.98. The van der Waals surface area contributed by atoms with E-state index in [0.717, 1.165) is 6.42 Å². The van der Waals surface area contributed by atoms with Gasteiger partial charge >= 0.3 is 0 Å². The van der Waals surface area contributed by atoms with Gasteiger partial charge in [0.05, 0.1) is 10.8 Å². The van der Waals surface area contributed by atoms with Crippen LogP contribution in [-0.4, -0.2) is 16.8 Å². The third-order valence-electron chi connectivity index (χ3n) is 3.21. The summed E-state index contributed by atoms with van der Waals surface area (Å²) < 4.78 is 71.8. The molecule has 18 heavy (non-hydrogen) atoms. The third-order valence-corrected chi connectivity index (χ3v) is 4.50. The Labute approximate surface area is 103 Å². The Hall–Kier alpha value is -0.953. The second-order valence-electron chi connectivity index (χ2n) is 4.48. The molecule has 0 N–H and O–H groups in total. The maximum absolute atomic E-state index is 13.7. The van der Waals surface area contributed by atoms with Gasteiger partial charge in [-0.1, -0.05) is 0 Å². The van der Waals surface area contributed by atoms with E-state index in [1.165, 1.54) is 0 Å². The predicted molar refractivity (Wildman–Crippen MR) is 57.7 cm³/mol. The highest BCUT2D eigenvalue weighted by Crippen LogP contribution is 2.37. The number of halogens is 5. The van der Waals surface area contributed by atoms with Crippen molar-refractivity contribution in [1.29, 1.82) is 0 Å². The molecule has 1 fully saturated rings. The maximum atomic E-state index is 13.7. The van der Waals surface area contributed by atoms with Crippen LogP contribution in [0.1, 0.15) is 24.8 Å². The zero-order chi connectivity index (χ0) is 13.5. The van der Waals surface area contributed by atoms with Crippen LogP contribution in [0.3, 0.4) is 0 Å². The van der Waals surface area contributed by atoms with Gasteiger partial charge in [0.2, 0.25) is 5.82 Å².